The Morgan fingerprint density at radius 2 is 1.35 bits per heavy atom. The molecule has 0 atom stereocenters. The number of anilines is 4. The van der Waals surface area contributed by atoms with Gasteiger partial charge in [-0.05, 0) is 60.2 Å². The molecule has 4 aromatic rings. The number of hydrogen-bond donors (Lipinski definition) is 4. The summed E-state index contributed by atoms with van der Waals surface area (Å²) >= 11 is 0. The molecule has 8 nitrogen and oxygen atoms in total. The van der Waals surface area contributed by atoms with Gasteiger partial charge < -0.3 is 16.0 Å². The Morgan fingerprint density at radius 1 is 0.700 bits per heavy atom. The van der Waals surface area contributed by atoms with Gasteiger partial charge in [-0.2, -0.15) is 13.2 Å². The molecule has 40 heavy (non-hydrogen) atoms. The van der Waals surface area contributed by atoms with Gasteiger partial charge in [0.1, 0.15) is 0 Å². The Bertz CT molecular complexity index is 1660. The third-order valence-electron chi connectivity index (χ3n) is 5.52. The van der Waals surface area contributed by atoms with Gasteiger partial charge in [-0.15, -0.1) is 0 Å². The van der Waals surface area contributed by atoms with Crippen LogP contribution in [0.4, 0.5) is 40.7 Å². The molecule has 0 saturated heterocycles. The fraction of sp³-hybridized carbons (Fsp3) is 0.0714. The van der Waals surface area contributed by atoms with Gasteiger partial charge in [0.25, 0.3) is 10.0 Å². The van der Waals surface area contributed by atoms with E-state index in [0.29, 0.717) is 22.5 Å². The van der Waals surface area contributed by atoms with Crippen molar-refractivity contribution in [3.8, 4) is 11.1 Å². The first-order valence-corrected chi connectivity index (χ1v) is 13.2. The zero-order valence-electron chi connectivity index (χ0n) is 20.9. The number of para-hydroxylation sites is 1. The minimum atomic E-state index is -4.60. The summed E-state index contributed by atoms with van der Waals surface area (Å²) in [5.74, 6) is -0.301. The van der Waals surface area contributed by atoms with Crippen molar-refractivity contribution in [2.75, 3.05) is 20.7 Å². The number of carbonyl (C=O) groups excluding carboxylic acids is 2. The van der Waals surface area contributed by atoms with Crippen LogP contribution in [0.25, 0.3) is 11.1 Å². The number of sulfonamides is 1. The van der Waals surface area contributed by atoms with Crippen LogP contribution < -0.4 is 20.7 Å². The highest BCUT2D eigenvalue weighted by Gasteiger charge is 2.30. The molecule has 206 valence electrons. The zero-order chi connectivity index (χ0) is 28.9. The highest BCUT2D eigenvalue weighted by molar-refractivity contribution is 7.92. The second kappa shape index (κ2) is 11.5. The molecule has 0 aliphatic heterocycles. The molecular formula is C28H23F3N4O4S. The van der Waals surface area contributed by atoms with Gasteiger partial charge in [-0.1, -0.05) is 42.5 Å². The van der Waals surface area contributed by atoms with Crippen LogP contribution in [0.5, 0.6) is 0 Å². The number of urea groups is 1. The van der Waals surface area contributed by atoms with E-state index >= 15 is 0 Å². The van der Waals surface area contributed by atoms with E-state index in [0.717, 1.165) is 18.2 Å². The highest BCUT2D eigenvalue weighted by Crippen LogP contribution is 2.33. The Hall–Kier alpha value is -4.84. The van der Waals surface area contributed by atoms with E-state index in [9.17, 15) is 31.2 Å². The van der Waals surface area contributed by atoms with Gasteiger partial charge >= 0.3 is 12.2 Å². The second-order valence-electron chi connectivity index (χ2n) is 8.60. The Kier molecular flexibility index (Phi) is 8.10. The van der Waals surface area contributed by atoms with E-state index in [2.05, 4.69) is 20.7 Å². The summed E-state index contributed by atoms with van der Waals surface area (Å²) < 4.78 is 67.9. The number of amides is 3. The topological polar surface area (TPSA) is 116 Å². The first-order chi connectivity index (χ1) is 18.9. The van der Waals surface area contributed by atoms with Crippen LogP contribution in [0.2, 0.25) is 0 Å². The lowest BCUT2D eigenvalue weighted by molar-refractivity contribution is -0.137. The van der Waals surface area contributed by atoms with Crippen molar-refractivity contribution in [2.45, 2.75) is 18.0 Å². The predicted molar refractivity (Wildman–Crippen MR) is 148 cm³/mol. The molecule has 0 fully saturated rings. The number of hydrogen-bond acceptors (Lipinski definition) is 4. The van der Waals surface area contributed by atoms with E-state index in [1.807, 2.05) is 0 Å². The molecule has 0 aromatic heterocycles. The van der Waals surface area contributed by atoms with Crippen molar-refractivity contribution < 1.29 is 31.2 Å². The van der Waals surface area contributed by atoms with E-state index < -0.39 is 27.8 Å². The van der Waals surface area contributed by atoms with Crippen LogP contribution in [0.3, 0.4) is 0 Å². The maximum absolute atomic E-state index is 13.1. The van der Waals surface area contributed by atoms with Crippen LogP contribution in [0, 0.1) is 0 Å². The van der Waals surface area contributed by atoms with Gasteiger partial charge in [0.05, 0.1) is 16.1 Å². The average molecular weight is 569 g/mol. The van der Waals surface area contributed by atoms with Gasteiger partial charge in [-0.25, -0.2) is 13.2 Å². The fourth-order valence-electron chi connectivity index (χ4n) is 3.79. The van der Waals surface area contributed by atoms with Gasteiger partial charge in [0.2, 0.25) is 5.91 Å². The van der Waals surface area contributed by atoms with Crippen LogP contribution in [-0.4, -0.2) is 20.4 Å². The molecule has 0 aliphatic carbocycles. The molecule has 3 amide bonds. The maximum atomic E-state index is 13.1. The number of rotatable bonds is 7. The van der Waals surface area contributed by atoms with Crippen molar-refractivity contribution in [3.05, 3.63) is 103 Å². The highest BCUT2D eigenvalue weighted by atomic mass is 32.2. The number of nitrogens with one attached hydrogen (secondary N) is 4. The van der Waals surface area contributed by atoms with E-state index in [-0.39, 0.29) is 22.2 Å². The zero-order valence-corrected chi connectivity index (χ0v) is 21.7. The number of halogens is 3. The van der Waals surface area contributed by atoms with Crippen LogP contribution in [-0.2, 0) is 21.0 Å². The summed E-state index contributed by atoms with van der Waals surface area (Å²) in [5.41, 5.74) is 0.709. The van der Waals surface area contributed by atoms with Gasteiger partial charge in [0.15, 0.2) is 0 Å². The summed E-state index contributed by atoms with van der Waals surface area (Å²) in [6.45, 7) is 1.34. The van der Waals surface area contributed by atoms with Crippen LogP contribution in [0.1, 0.15) is 12.5 Å². The molecule has 4 rings (SSSR count). The van der Waals surface area contributed by atoms with Crippen LogP contribution in [0.15, 0.2) is 102 Å². The minimum Gasteiger partial charge on any atom is -0.326 e. The maximum Gasteiger partial charge on any atom is 0.416 e. The molecular weight excluding hydrogens is 545 g/mol. The smallest absolute Gasteiger partial charge is 0.326 e. The Morgan fingerprint density at radius 3 is 2.02 bits per heavy atom. The normalized spacial score (nSPS) is 11.4. The molecule has 0 bridgehead atoms. The van der Waals surface area contributed by atoms with E-state index in [1.165, 1.54) is 31.2 Å². The largest absolute Gasteiger partial charge is 0.416 e. The lowest BCUT2D eigenvalue weighted by Crippen LogP contribution is -2.21. The van der Waals surface area contributed by atoms with Gasteiger partial charge in [0, 0.05) is 29.5 Å². The van der Waals surface area contributed by atoms with Crippen molar-refractivity contribution in [1.82, 2.24) is 0 Å². The summed E-state index contributed by atoms with van der Waals surface area (Å²) in [5, 5.41) is 7.54. The molecule has 0 heterocycles. The number of benzene rings is 4. The van der Waals surface area contributed by atoms with Crippen molar-refractivity contribution in [3.63, 3.8) is 0 Å². The van der Waals surface area contributed by atoms with Crippen LogP contribution >= 0.6 is 0 Å². The SMILES string of the molecule is CC(=O)Nc1cccc(-c2ccc(S(=O)(=O)Nc3ccccc3)cc2NC(=O)Nc2cccc(C(F)(F)F)c2)c1. The number of carbonyl (C=O) groups is 2. The van der Waals surface area contributed by atoms with Crippen molar-refractivity contribution >= 4 is 44.7 Å². The molecule has 12 heteroatoms. The second-order valence-corrected chi connectivity index (χ2v) is 10.3. The Labute approximate surface area is 228 Å². The Balaban J connectivity index is 1.70. The molecule has 4 N–H and O–H groups in total. The average Bonchev–Trinajstić information content (AvgIpc) is 2.88. The first kappa shape index (κ1) is 28.2. The first-order valence-electron chi connectivity index (χ1n) is 11.8. The van der Waals surface area contributed by atoms with Crippen molar-refractivity contribution in [1.29, 1.82) is 0 Å². The fourth-order valence-corrected chi connectivity index (χ4v) is 4.88. The third-order valence-corrected chi connectivity index (χ3v) is 6.90. The summed E-state index contributed by atoms with van der Waals surface area (Å²) in [6.07, 6.45) is -4.60. The molecule has 0 aliphatic rings. The molecule has 0 spiro atoms. The minimum absolute atomic E-state index is 0.0559. The summed E-state index contributed by atoms with van der Waals surface area (Å²) in [4.78, 5) is 24.2. The summed E-state index contributed by atoms with van der Waals surface area (Å²) in [7, 11) is -4.08. The standard InChI is InChI=1S/C28H23F3N4O4S/c1-18(36)32-22-11-5-7-19(15-22)25-14-13-24(40(38,39)35-21-9-3-2-4-10-21)17-26(25)34-27(37)33-23-12-6-8-20(16-23)28(29,30)31/h2-17,35H,1H3,(H,32,36)(H2,33,34,37). The van der Waals surface area contributed by atoms with E-state index in [1.54, 1.807) is 54.6 Å². The molecule has 0 unspecified atom stereocenters. The molecule has 4 aromatic carbocycles. The quantitative estimate of drug-likeness (QED) is 0.197. The predicted octanol–water partition coefficient (Wildman–Crippen LogP) is 6.78. The molecule has 0 saturated carbocycles. The van der Waals surface area contributed by atoms with Gasteiger partial charge in [-0.3, -0.25) is 9.52 Å². The third kappa shape index (κ3) is 7.17. The molecule has 0 radical (unpaired) electrons. The lowest BCUT2D eigenvalue weighted by atomic mass is 10.0. The van der Waals surface area contributed by atoms with E-state index in [4.69, 9.17) is 0 Å². The lowest BCUT2D eigenvalue weighted by Gasteiger charge is -2.16. The number of alkyl halides is 3. The summed E-state index contributed by atoms with van der Waals surface area (Å²) in [6, 6.07) is 22.1. The monoisotopic (exact) mass is 568 g/mol. The van der Waals surface area contributed by atoms with Crippen molar-refractivity contribution in [2.24, 2.45) is 0 Å².